The summed E-state index contributed by atoms with van der Waals surface area (Å²) in [6, 6.07) is 2.50. The molecular formula is C11H11FN2O3. The maximum atomic E-state index is 12.6. The van der Waals surface area contributed by atoms with Crippen LogP contribution in [-0.4, -0.2) is 40.0 Å². The van der Waals surface area contributed by atoms with Gasteiger partial charge in [-0.05, 0) is 12.1 Å². The van der Waals surface area contributed by atoms with E-state index in [0.29, 0.717) is 13.1 Å². The predicted molar refractivity (Wildman–Crippen MR) is 55.8 cm³/mol. The fraction of sp³-hybridized carbons (Fsp3) is 0.364. The standard InChI is InChI=1S/C11H11FN2O3/c12-8-1-2-9(13-4-8)11(17)14-5-7(6-14)3-10(15)16/h1-2,4,7H,3,5-6H2,(H,15,16). The second-order valence-corrected chi connectivity index (χ2v) is 4.04. The average Bonchev–Trinajstić information content (AvgIpc) is 2.23. The summed E-state index contributed by atoms with van der Waals surface area (Å²) >= 11 is 0. The number of pyridine rings is 1. The lowest BCUT2D eigenvalue weighted by atomic mass is 9.96. The number of hydrogen-bond acceptors (Lipinski definition) is 3. The van der Waals surface area contributed by atoms with Gasteiger partial charge in [0.2, 0.25) is 0 Å². The molecule has 0 radical (unpaired) electrons. The Morgan fingerprint density at radius 3 is 2.71 bits per heavy atom. The first kappa shape index (κ1) is 11.5. The van der Waals surface area contributed by atoms with Crippen LogP contribution < -0.4 is 0 Å². The third-order valence-corrected chi connectivity index (χ3v) is 2.65. The minimum absolute atomic E-state index is 0.0110. The van der Waals surface area contributed by atoms with Crippen LogP contribution in [0.5, 0.6) is 0 Å². The van der Waals surface area contributed by atoms with Crippen LogP contribution in [0.3, 0.4) is 0 Å². The van der Waals surface area contributed by atoms with E-state index >= 15 is 0 Å². The molecule has 0 bridgehead atoms. The zero-order valence-electron chi connectivity index (χ0n) is 8.97. The summed E-state index contributed by atoms with van der Waals surface area (Å²) in [6.07, 6.45) is 1.06. The summed E-state index contributed by atoms with van der Waals surface area (Å²) in [5, 5.41) is 8.56. The van der Waals surface area contributed by atoms with E-state index in [9.17, 15) is 14.0 Å². The van der Waals surface area contributed by atoms with Crippen LogP contribution in [0.4, 0.5) is 4.39 Å². The van der Waals surface area contributed by atoms with E-state index in [1.54, 1.807) is 0 Å². The van der Waals surface area contributed by atoms with E-state index in [0.717, 1.165) is 6.20 Å². The molecule has 90 valence electrons. The van der Waals surface area contributed by atoms with Crippen molar-refractivity contribution in [3.63, 3.8) is 0 Å². The molecule has 1 aromatic rings. The zero-order valence-corrected chi connectivity index (χ0v) is 8.97. The minimum atomic E-state index is -0.859. The van der Waals surface area contributed by atoms with Crippen molar-refractivity contribution in [3.05, 3.63) is 29.8 Å². The van der Waals surface area contributed by atoms with Crippen LogP contribution >= 0.6 is 0 Å². The van der Waals surface area contributed by atoms with Crippen LogP contribution in [0, 0.1) is 11.7 Å². The number of carboxylic acids is 1. The number of hydrogen-bond donors (Lipinski definition) is 1. The third-order valence-electron chi connectivity index (χ3n) is 2.65. The second kappa shape index (κ2) is 4.48. The molecule has 1 aromatic heterocycles. The summed E-state index contributed by atoms with van der Waals surface area (Å²) in [6.45, 7) is 0.842. The van der Waals surface area contributed by atoms with E-state index in [1.165, 1.54) is 17.0 Å². The summed E-state index contributed by atoms with van der Waals surface area (Å²) < 4.78 is 12.6. The predicted octanol–water partition coefficient (Wildman–Crippen LogP) is 0.767. The topological polar surface area (TPSA) is 70.5 Å². The van der Waals surface area contributed by atoms with Crippen molar-refractivity contribution in [2.24, 2.45) is 5.92 Å². The number of likely N-dealkylation sites (tertiary alicyclic amines) is 1. The summed E-state index contributed by atoms with van der Waals surface area (Å²) in [5.41, 5.74) is 0.181. The van der Waals surface area contributed by atoms with Gasteiger partial charge in [0.15, 0.2) is 0 Å². The molecule has 1 aliphatic rings. The van der Waals surface area contributed by atoms with Crippen molar-refractivity contribution in [3.8, 4) is 0 Å². The SMILES string of the molecule is O=C(O)CC1CN(C(=O)c2ccc(F)cn2)C1. The highest BCUT2D eigenvalue weighted by Crippen LogP contribution is 2.20. The molecule has 2 heterocycles. The van der Waals surface area contributed by atoms with Gasteiger partial charge in [-0.15, -0.1) is 0 Å². The smallest absolute Gasteiger partial charge is 0.303 e. The molecule has 5 nitrogen and oxygen atoms in total. The number of halogens is 1. The quantitative estimate of drug-likeness (QED) is 0.844. The molecule has 0 spiro atoms. The normalized spacial score (nSPS) is 15.5. The lowest BCUT2D eigenvalue weighted by molar-refractivity contribution is -0.139. The molecule has 1 saturated heterocycles. The first-order chi connectivity index (χ1) is 8.06. The average molecular weight is 238 g/mol. The van der Waals surface area contributed by atoms with E-state index in [4.69, 9.17) is 5.11 Å². The van der Waals surface area contributed by atoms with Crippen molar-refractivity contribution in [2.75, 3.05) is 13.1 Å². The second-order valence-electron chi connectivity index (χ2n) is 4.04. The van der Waals surface area contributed by atoms with E-state index in [-0.39, 0.29) is 23.9 Å². The molecule has 0 aromatic carbocycles. The van der Waals surface area contributed by atoms with Gasteiger partial charge in [0.25, 0.3) is 5.91 Å². The molecule has 1 amide bonds. The van der Waals surface area contributed by atoms with Gasteiger partial charge in [-0.25, -0.2) is 9.37 Å². The molecular weight excluding hydrogens is 227 g/mol. The lowest BCUT2D eigenvalue weighted by Crippen LogP contribution is -2.50. The van der Waals surface area contributed by atoms with Crippen molar-refractivity contribution < 1.29 is 19.1 Å². The number of carbonyl (C=O) groups excluding carboxylic acids is 1. The Balaban J connectivity index is 1.91. The van der Waals surface area contributed by atoms with Gasteiger partial charge in [-0.3, -0.25) is 9.59 Å². The Morgan fingerprint density at radius 1 is 1.47 bits per heavy atom. The highest BCUT2D eigenvalue weighted by molar-refractivity contribution is 5.92. The van der Waals surface area contributed by atoms with Gasteiger partial charge in [0.05, 0.1) is 12.6 Å². The number of amides is 1. The first-order valence-electron chi connectivity index (χ1n) is 5.19. The molecule has 0 saturated carbocycles. The highest BCUT2D eigenvalue weighted by atomic mass is 19.1. The molecule has 1 aliphatic heterocycles. The molecule has 1 fully saturated rings. The number of carboxylic acid groups (broad SMARTS) is 1. The maximum Gasteiger partial charge on any atom is 0.303 e. The van der Waals surface area contributed by atoms with E-state index < -0.39 is 11.8 Å². The first-order valence-corrected chi connectivity index (χ1v) is 5.19. The Kier molecular flexibility index (Phi) is 3.03. The Bertz CT molecular complexity index is 441. The fourth-order valence-electron chi connectivity index (χ4n) is 1.78. The molecule has 1 N–H and O–H groups in total. The van der Waals surface area contributed by atoms with Gasteiger partial charge in [0, 0.05) is 19.0 Å². The minimum Gasteiger partial charge on any atom is -0.481 e. The highest BCUT2D eigenvalue weighted by Gasteiger charge is 2.32. The van der Waals surface area contributed by atoms with Crippen LogP contribution in [-0.2, 0) is 4.79 Å². The third kappa shape index (κ3) is 2.58. The van der Waals surface area contributed by atoms with Gasteiger partial charge in [-0.2, -0.15) is 0 Å². The van der Waals surface area contributed by atoms with E-state index in [1.807, 2.05) is 0 Å². The number of rotatable bonds is 3. The Labute approximate surface area is 96.9 Å². The van der Waals surface area contributed by atoms with Crippen LogP contribution in [0.25, 0.3) is 0 Å². The molecule has 2 rings (SSSR count). The molecule has 0 unspecified atom stereocenters. The monoisotopic (exact) mass is 238 g/mol. The molecule has 6 heteroatoms. The molecule has 0 aliphatic carbocycles. The fourth-order valence-corrected chi connectivity index (χ4v) is 1.78. The van der Waals surface area contributed by atoms with Crippen LogP contribution in [0.15, 0.2) is 18.3 Å². The molecule has 0 atom stereocenters. The van der Waals surface area contributed by atoms with Gasteiger partial charge in [-0.1, -0.05) is 0 Å². The van der Waals surface area contributed by atoms with Gasteiger partial charge in [0.1, 0.15) is 11.5 Å². The van der Waals surface area contributed by atoms with E-state index in [2.05, 4.69) is 4.98 Å². The summed E-state index contributed by atoms with van der Waals surface area (Å²) in [5.74, 6) is -1.63. The number of aromatic nitrogens is 1. The lowest BCUT2D eigenvalue weighted by Gasteiger charge is -2.38. The van der Waals surface area contributed by atoms with Crippen molar-refractivity contribution >= 4 is 11.9 Å². The van der Waals surface area contributed by atoms with Crippen molar-refractivity contribution in [1.29, 1.82) is 0 Å². The largest absolute Gasteiger partial charge is 0.481 e. The number of carbonyl (C=O) groups is 2. The Morgan fingerprint density at radius 2 is 2.18 bits per heavy atom. The molecule has 17 heavy (non-hydrogen) atoms. The zero-order chi connectivity index (χ0) is 12.4. The summed E-state index contributed by atoms with van der Waals surface area (Å²) in [4.78, 5) is 27.4. The van der Waals surface area contributed by atoms with Crippen LogP contribution in [0.1, 0.15) is 16.9 Å². The maximum absolute atomic E-state index is 12.6. The Hall–Kier alpha value is -1.98. The van der Waals surface area contributed by atoms with Gasteiger partial charge < -0.3 is 10.0 Å². The van der Waals surface area contributed by atoms with Crippen LogP contribution in [0.2, 0.25) is 0 Å². The van der Waals surface area contributed by atoms with Gasteiger partial charge >= 0.3 is 5.97 Å². The number of aliphatic carboxylic acids is 1. The summed E-state index contributed by atoms with van der Waals surface area (Å²) in [7, 11) is 0. The number of nitrogens with zero attached hydrogens (tertiary/aromatic N) is 2. The van der Waals surface area contributed by atoms with Crippen molar-refractivity contribution in [2.45, 2.75) is 6.42 Å². The van der Waals surface area contributed by atoms with Crippen molar-refractivity contribution in [1.82, 2.24) is 9.88 Å².